The Morgan fingerprint density at radius 3 is 2.74 bits per heavy atom. The number of benzene rings is 1. The molecule has 0 unspecified atom stereocenters. The summed E-state index contributed by atoms with van der Waals surface area (Å²) in [6, 6.07) is 9.68. The molecule has 0 atom stereocenters. The van der Waals surface area contributed by atoms with Crippen molar-refractivity contribution in [2.75, 3.05) is 13.2 Å². The van der Waals surface area contributed by atoms with Gasteiger partial charge in [-0.25, -0.2) is 4.68 Å². The fourth-order valence-corrected chi connectivity index (χ4v) is 1.77. The van der Waals surface area contributed by atoms with Crippen molar-refractivity contribution in [3.63, 3.8) is 0 Å². The second-order valence-corrected chi connectivity index (χ2v) is 4.13. The predicted octanol–water partition coefficient (Wildman–Crippen LogP) is 0.299. The van der Waals surface area contributed by atoms with E-state index in [0.29, 0.717) is 13.1 Å². The molecule has 6 heteroatoms. The molecule has 0 aliphatic rings. The van der Waals surface area contributed by atoms with Crippen LogP contribution in [0.4, 0.5) is 0 Å². The van der Waals surface area contributed by atoms with Gasteiger partial charge in [-0.1, -0.05) is 35.5 Å². The van der Waals surface area contributed by atoms with Gasteiger partial charge < -0.3 is 10.0 Å². The van der Waals surface area contributed by atoms with Gasteiger partial charge in [-0.15, -0.1) is 5.10 Å². The number of aromatic nitrogens is 3. The van der Waals surface area contributed by atoms with E-state index in [0.717, 1.165) is 5.56 Å². The number of nitrogens with zero attached hydrogens (tertiary/aromatic N) is 4. The third-order valence-electron chi connectivity index (χ3n) is 2.71. The molecule has 2 aromatic rings. The van der Waals surface area contributed by atoms with Crippen molar-refractivity contribution in [2.45, 2.75) is 13.1 Å². The molecule has 0 saturated carbocycles. The molecule has 0 aliphatic carbocycles. The Bertz CT molecular complexity index is 499. The first-order valence-electron chi connectivity index (χ1n) is 6.06. The number of carbonyl (C=O) groups is 1. The van der Waals surface area contributed by atoms with Crippen molar-refractivity contribution >= 4 is 5.91 Å². The minimum atomic E-state index is -0.0941. The third kappa shape index (κ3) is 3.89. The minimum Gasteiger partial charge on any atom is -0.395 e. The average molecular weight is 260 g/mol. The van der Waals surface area contributed by atoms with E-state index in [1.807, 2.05) is 30.3 Å². The van der Waals surface area contributed by atoms with Gasteiger partial charge in [0.1, 0.15) is 6.54 Å². The van der Waals surface area contributed by atoms with E-state index in [1.165, 1.54) is 10.9 Å². The molecule has 1 amide bonds. The third-order valence-corrected chi connectivity index (χ3v) is 2.71. The normalized spacial score (nSPS) is 10.4. The Kier molecular flexibility index (Phi) is 4.63. The molecule has 1 aromatic heterocycles. The molecule has 1 heterocycles. The van der Waals surface area contributed by atoms with Crippen LogP contribution in [-0.4, -0.2) is 44.1 Å². The zero-order valence-electron chi connectivity index (χ0n) is 10.5. The number of amides is 1. The number of hydrogen-bond donors (Lipinski definition) is 1. The van der Waals surface area contributed by atoms with E-state index in [4.69, 9.17) is 5.11 Å². The van der Waals surface area contributed by atoms with Crippen molar-refractivity contribution < 1.29 is 9.90 Å². The number of hydrogen-bond acceptors (Lipinski definition) is 4. The molecule has 2 rings (SSSR count). The number of carbonyl (C=O) groups excluding carboxylic acids is 1. The lowest BCUT2D eigenvalue weighted by Gasteiger charge is -2.21. The Morgan fingerprint density at radius 2 is 2.11 bits per heavy atom. The molecule has 0 aliphatic heterocycles. The van der Waals surface area contributed by atoms with Crippen LogP contribution in [0.15, 0.2) is 42.7 Å². The van der Waals surface area contributed by atoms with Crippen LogP contribution < -0.4 is 0 Å². The summed E-state index contributed by atoms with van der Waals surface area (Å²) in [4.78, 5) is 13.7. The van der Waals surface area contributed by atoms with Crippen molar-refractivity contribution in [3.05, 3.63) is 48.3 Å². The fourth-order valence-electron chi connectivity index (χ4n) is 1.77. The van der Waals surface area contributed by atoms with Crippen LogP contribution in [0, 0.1) is 0 Å². The highest BCUT2D eigenvalue weighted by atomic mass is 16.3. The van der Waals surface area contributed by atoms with Crippen LogP contribution in [0.25, 0.3) is 0 Å². The van der Waals surface area contributed by atoms with Gasteiger partial charge in [0.15, 0.2) is 0 Å². The first-order valence-corrected chi connectivity index (χ1v) is 6.06. The molecule has 100 valence electrons. The topological polar surface area (TPSA) is 71.2 Å². The van der Waals surface area contributed by atoms with Crippen molar-refractivity contribution in [2.24, 2.45) is 0 Å². The quantitative estimate of drug-likeness (QED) is 0.811. The van der Waals surface area contributed by atoms with Gasteiger partial charge in [0.05, 0.1) is 12.8 Å². The second kappa shape index (κ2) is 6.65. The summed E-state index contributed by atoms with van der Waals surface area (Å²) >= 11 is 0. The fraction of sp³-hybridized carbons (Fsp3) is 0.308. The molecule has 0 fully saturated rings. The Labute approximate surface area is 111 Å². The summed E-state index contributed by atoms with van der Waals surface area (Å²) in [5.74, 6) is -0.0941. The van der Waals surface area contributed by atoms with Crippen LogP contribution in [0.5, 0.6) is 0 Å². The molecule has 1 N–H and O–H groups in total. The second-order valence-electron chi connectivity index (χ2n) is 4.13. The van der Waals surface area contributed by atoms with Crippen molar-refractivity contribution in [1.82, 2.24) is 19.9 Å². The maximum Gasteiger partial charge on any atom is 0.244 e. The van der Waals surface area contributed by atoms with Crippen LogP contribution in [-0.2, 0) is 17.9 Å². The lowest BCUT2D eigenvalue weighted by Crippen LogP contribution is -2.35. The average Bonchev–Trinajstić information content (AvgIpc) is 2.92. The SMILES string of the molecule is O=C(Cn1ccnn1)N(CCO)Cc1ccccc1. The van der Waals surface area contributed by atoms with Gasteiger partial charge in [-0.2, -0.15) is 0 Å². The standard InChI is InChI=1S/C13H16N4O2/c18-9-8-16(10-12-4-2-1-3-5-12)13(19)11-17-7-6-14-15-17/h1-7,18H,8-11H2. The predicted molar refractivity (Wildman–Crippen MR) is 69.0 cm³/mol. The smallest absolute Gasteiger partial charge is 0.244 e. The van der Waals surface area contributed by atoms with Crippen molar-refractivity contribution in [1.29, 1.82) is 0 Å². The van der Waals surface area contributed by atoms with E-state index >= 15 is 0 Å². The maximum absolute atomic E-state index is 12.1. The number of rotatable bonds is 6. The van der Waals surface area contributed by atoms with E-state index in [9.17, 15) is 4.79 Å². The van der Waals surface area contributed by atoms with Gasteiger partial charge in [-0.05, 0) is 5.56 Å². The zero-order chi connectivity index (χ0) is 13.5. The Balaban J connectivity index is 2.00. The summed E-state index contributed by atoms with van der Waals surface area (Å²) in [5, 5.41) is 16.5. The molecule has 6 nitrogen and oxygen atoms in total. The highest BCUT2D eigenvalue weighted by molar-refractivity contribution is 5.75. The van der Waals surface area contributed by atoms with Crippen LogP contribution in [0.2, 0.25) is 0 Å². The molecule has 0 bridgehead atoms. The lowest BCUT2D eigenvalue weighted by molar-refractivity contribution is -0.133. The summed E-state index contributed by atoms with van der Waals surface area (Å²) in [6.07, 6.45) is 3.17. The Hall–Kier alpha value is -2.21. The summed E-state index contributed by atoms with van der Waals surface area (Å²) in [5.41, 5.74) is 1.03. The first-order chi connectivity index (χ1) is 9.29. The first kappa shape index (κ1) is 13.2. The summed E-state index contributed by atoms with van der Waals surface area (Å²) < 4.78 is 1.47. The molecule has 1 aromatic carbocycles. The number of aliphatic hydroxyl groups is 1. The molecule has 19 heavy (non-hydrogen) atoms. The van der Waals surface area contributed by atoms with Crippen LogP contribution in [0.3, 0.4) is 0 Å². The van der Waals surface area contributed by atoms with Crippen LogP contribution in [0.1, 0.15) is 5.56 Å². The Morgan fingerprint density at radius 1 is 1.32 bits per heavy atom. The van der Waals surface area contributed by atoms with Gasteiger partial charge in [0.25, 0.3) is 0 Å². The van der Waals surface area contributed by atoms with Gasteiger partial charge in [0.2, 0.25) is 5.91 Å². The maximum atomic E-state index is 12.1. The van der Waals surface area contributed by atoms with Gasteiger partial charge >= 0.3 is 0 Å². The lowest BCUT2D eigenvalue weighted by atomic mass is 10.2. The molecule has 0 spiro atoms. The monoisotopic (exact) mass is 260 g/mol. The molecular weight excluding hydrogens is 244 g/mol. The number of aliphatic hydroxyl groups excluding tert-OH is 1. The van der Waals surface area contributed by atoms with Gasteiger partial charge in [0, 0.05) is 19.3 Å². The molecular formula is C13H16N4O2. The highest BCUT2D eigenvalue weighted by Gasteiger charge is 2.14. The summed E-state index contributed by atoms with van der Waals surface area (Å²) in [7, 11) is 0. The zero-order valence-corrected chi connectivity index (χ0v) is 10.5. The van der Waals surface area contributed by atoms with E-state index in [1.54, 1.807) is 11.1 Å². The van der Waals surface area contributed by atoms with E-state index < -0.39 is 0 Å². The van der Waals surface area contributed by atoms with Gasteiger partial charge in [-0.3, -0.25) is 4.79 Å². The van der Waals surface area contributed by atoms with E-state index in [-0.39, 0.29) is 19.1 Å². The largest absolute Gasteiger partial charge is 0.395 e. The van der Waals surface area contributed by atoms with E-state index in [2.05, 4.69) is 10.3 Å². The van der Waals surface area contributed by atoms with Crippen molar-refractivity contribution in [3.8, 4) is 0 Å². The minimum absolute atomic E-state index is 0.0596. The van der Waals surface area contributed by atoms with Crippen LogP contribution >= 0.6 is 0 Å². The molecule has 0 saturated heterocycles. The highest BCUT2D eigenvalue weighted by Crippen LogP contribution is 2.05. The summed E-state index contributed by atoms with van der Waals surface area (Å²) in [6.45, 7) is 0.861. The molecule has 0 radical (unpaired) electrons.